The minimum atomic E-state index is -0.0380. The van der Waals surface area contributed by atoms with Gasteiger partial charge in [-0.05, 0) is 25.1 Å². The summed E-state index contributed by atoms with van der Waals surface area (Å²) in [6, 6.07) is 10.1. The lowest BCUT2D eigenvalue weighted by molar-refractivity contribution is -0.116. The van der Waals surface area contributed by atoms with Crippen LogP contribution in [0.25, 0.3) is 0 Å². The number of nitrogens with one attached hydrogen (secondary N) is 1. The van der Waals surface area contributed by atoms with E-state index in [0.29, 0.717) is 6.54 Å². The van der Waals surface area contributed by atoms with E-state index in [-0.39, 0.29) is 5.91 Å². The van der Waals surface area contributed by atoms with E-state index in [4.69, 9.17) is 0 Å². The summed E-state index contributed by atoms with van der Waals surface area (Å²) in [6.45, 7) is 3.28. The Balaban J connectivity index is 2.31. The van der Waals surface area contributed by atoms with Crippen molar-refractivity contribution in [2.24, 2.45) is 0 Å². The van der Waals surface area contributed by atoms with Gasteiger partial charge in [0.15, 0.2) is 0 Å². The topological polar surface area (TPSA) is 32.3 Å². The lowest BCUT2D eigenvalue weighted by atomic mass is 10.3. The summed E-state index contributed by atoms with van der Waals surface area (Å²) in [6.07, 6.45) is 3.26. The number of para-hydroxylation sites is 1. The maximum Gasteiger partial charge on any atom is 0.243 e. The standard InChI is InChI=1S/C13H18N2O/c1-3-7-13(16)14-10-11-15(2)12-8-5-4-6-9-12/h3-9H,10-11H2,1-2H3,(H,14,16). The number of amides is 1. The summed E-state index contributed by atoms with van der Waals surface area (Å²) >= 11 is 0. The van der Waals surface area contributed by atoms with E-state index < -0.39 is 0 Å². The van der Waals surface area contributed by atoms with Crippen LogP contribution in [0.3, 0.4) is 0 Å². The van der Waals surface area contributed by atoms with Crippen molar-refractivity contribution in [2.45, 2.75) is 6.92 Å². The number of nitrogens with zero attached hydrogens (tertiary/aromatic N) is 1. The van der Waals surface area contributed by atoms with Crippen molar-refractivity contribution >= 4 is 11.6 Å². The average Bonchev–Trinajstić information content (AvgIpc) is 2.30. The first-order valence-corrected chi connectivity index (χ1v) is 5.40. The van der Waals surface area contributed by atoms with Gasteiger partial charge >= 0.3 is 0 Å². The molecule has 0 aliphatic heterocycles. The number of benzene rings is 1. The molecule has 3 heteroatoms. The molecule has 1 rings (SSSR count). The first-order chi connectivity index (χ1) is 7.74. The van der Waals surface area contributed by atoms with Gasteiger partial charge in [0, 0.05) is 25.8 Å². The lowest BCUT2D eigenvalue weighted by Gasteiger charge is -2.19. The van der Waals surface area contributed by atoms with Crippen LogP contribution < -0.4 is 10.2 Å². The quantitative estimate of drug-likeness (QED) is 0.764. The molecule has 0 heterocycles. The van der Waals surface area contributed by atoms with Gasteiger partial charge in [-0.2, -0.15) is 0 Å². The second kappa shape index (κ2) is 6.67. The first kappa shape index (κ1) is 12.3. The number of hydrogen-bond donors (Lipinski definition) is 1. The molecule has 1 aromatic carbocycles. The number of allylic oxidation sites excluding steroid dienone is 1. The van der Waals surface area contributed by atoms with Crippen LogP contribution in [0.2, 0.25) is 0 Å². The molecule has 0 saturated carbocycles. The molecule has 0 aliphatic carbocycles. The molecular weight excluding hydrogens is 200 g/mol. The summed E-state index contributed by atoms with van der Waals surface area (Å²) in [4.78, 5) is 13.3. The Labute approximate surface area is 96.8 Å². The molecule has 0 radical (unpaired) electrons. The van der Waals surface area contributed by atoms with Crippen molar-refractivity contribution < 1.29 is 4.79 Å². The Morgan fingerprint density at radius 2 is 2.06 bits per heavy atom. The third-order valence-electron chi connectivity index (χ3n) is 2.26. The van der Waals surface area contributed by atoms with E-state index in [1.807, 2.05) is 44.3 Å². The highest BCUT2D eigenvalue weighted by atomic mass is 16.1. The first-order valence-electron chi connectivity index (χ1n) is 5.40. The number of carbonyl (C=O) groups is 1. The Bertz CT molecular complexity index is 346. The Hall–Kier alpha value is -1.77. The predicted octanol–water partition coefficient (Wildman–Crippen LogP) is 1.82. The smallest absolute Gasteiger partial charge is 0.243 e. The van der Waals surface area contributed by atoms with E-state index in [1.54, 1.807) is 6.08 Å². The maximum absolute atomic E-state index is 11.1. The maximum atomic E-state index is 11.1. The molecule has 1 N–H and O–H groups in total. The molecule has 0 bridgehead atoms. The highest BCUT2D eigenvalue weighted by molar-refractivity contribution is 5.87. The van der Waals surface area contributed by atoms with E-state index >= 15 is 0 Å². The molecule has 86 valence electrons. The Morgan fingerprint density at radius 1 is 1.38 bits per heavy atom. The fourth-order valence-electron chi connectivity index (χ4n) is 1.37. The van der Waals surface area contributed by atoms with Crippen molar-refractivity contribution in [3.8, 4) is 0 Å². The van der Waals surface area contributed by atoms with Gasteiger partial charge in [0.2, 0.25) is 5.91 Å². The van der Waals surface area contributed by atoms with Crippen LogP contribution in [0.5, 0.6) is 0 Å². The molecule has 1 amide bonds. The fraction of sp³-hybridized carbons (Fsp3) is 0.308. The predicted molar refractivity (Wildman–Crippen MR) is 67.5 cm³/mol. The van der Waals surface area contributed by atoms with Crippen LogP contribution in [0.4, 0.5) is 5.69 Å². The summed E-state index contributed by atoms with van der Waals surface area (Å²) in [5.74, 6) is -0.0380. The number of rotatable bonds is 5. The molecule has 16 heavy (non-hydrogen) atoms. The van der Waals surface area contributed by atoms with E-state index in [9.17, 15) is 4.79 Å². The van der Waals surface area contributed by atoms with Gasteiger partial charge in [-0.1, -0.05) is 24.3 Å². The van der Waals surface area contributed by atoms with E-state index in [2.05, 4.69) is 10.2 Å². The molecule has 0 fully saturated rings. The van der Waals surface area contributed by atoms with Crippen LogP contribution in [-0.2, 0) is 4.79 Å². The Morgan fingerprint density at radius 3 is 2.69 bits per heavy atom. The van der Waals surface area contributed by atoms with Gasteiger partial charge in [0.25, 0.3) is 0 Å². The van der Waals surface area contributed by atoms with Crippen LogP contribution in [-0.4, -0.2) is 26.0 Å². The molecule has 3 nitrogen and oxygen atoms in total. The molecule has 0 atom stereocenters. The van der Waals surface area contributed by atoms with Crippen molar-refractivity contribution in [3.05, 3.63) is 42.5 Å². The van der Waals surface area contributed by atoms with Crippen molar-refractivity contribution in [1.29, 1.82) is 0 Å². The van der Waals surface area contributed by atoms with Gasteiger partial charge < -0.3 is 10.2 Å². The number of carbonyl (C=O) groups excluding carboxylic acids is 1. The van der Waals surface area contributed by atoms with Gasteiger partial charge in [-0.15, -0.1) is 0 Å². The molecule has 0 spiro atoms. The largest absolute Gasteiger partial charge is 0.373 e. The second-order valence-corrected chi connectivity index (χ2v) is 3.55. The second-order valence-electron chi connectivity index (χ2n) is 3.55. The summed E-state index contributed by atoms with van der Waals surface area (Å²) in [7, 11) is 2.01. The molecule has 0 aromatic heterocycles. The normalized spacial score (nSPS) is 10.4. The third-order valence-corrected chi connectivity index (χ3v) is 2.26. The van der Waals surface area contributed by atoms with E-state index in [1.165, 1.54) is 6.08 Å². The number of likely N-dealkylation sites (N-methyl/N-ethyl adjacent to an activating group) is 1. The van der Waals surface area contributed by atoms with Gasteiger partial charge in [0.05, 0.1) is 0 Å². The van der Waals surface area contributed by atoms with Gasteiger partial charge in [-0.3, -0.25) is 4.79 Å². The zero-order chi connectivity index (χ0) is 11.8. The van der Waals surface area contributed by atoms with Crippen molar-refractivity contribution in [1.82, 2.24) is 5.32 Å². The summed E-state index contributed by atoms with van der Waals surface area (Å²) < 4.78 is 0. The monoisotopic (exact) mass is 218 g/mol. The summed E-state index contributed by atoms with van der Waals surface area (Å²) in [5.41, 5.74) is 1.16. The van der Waals surface area contributed by atoms with Crippen molar-refractivity contribution in [3.63, 3.8) is 0 Å². The summed E-state index contributed by atoms with van der Waals surface area (Å²) in [5, 5.41) is 2.82. The van der Waals surface area contributed by atoms with Gasteiger partial charge in [-0.25, -0.2) is 0 Å². The molecule has 1 aromatic rings. The average molecular weight is 218 g/mol. The minimum Gasteiger partial charge on any atom is -0.373 e. The molecule has 0 unspecified atom stereocenters. The van der Waals surface area contributed by atoms with Crippen LogP contribution >= 0.6 is 0 Å². The van der Waals surface area contributed by atoms with Crippen LogP contribution in [0.1, 0.15) is 6.92 Å². The van der Waals surface area contributed by atoms with Gasteiger partial charge in [0.1, 0.15) is 0 Å². The van der Waals surface area contributed by atoms with Crippen molar-refractivity contribution in [2.75, 3.05) is 25.0 Å². The SMILES string of the molecule is CC=CC(=O)NCCN(C)c1ccccc1. The van der Waals surface area contributed by atoms with E-state index in [0.717, 1.165) is 12.2 Å². The highest BCUT2D eigenvalue weighted by Gasteiger charge is 1.99. The Kier molecular flexibility index (Phi) is 5.12. The molecule has 0 aliphatic rings. The number of hydrogen-bond acceptors (Lipinski definition) is 2. The molecular formula is C13H18N2O. The zero-order valence-corrected chi connectivity index (χ0v) is 9.81. The highest BCUT2D eigenvalue weighted by Crippen LogP contribution is 2.09. The van der Waals surface area contributed by atoms with Crippen LogP contribution in [0, 0.1) is 0 Å². The zero-order valence-electron chi connectivity index (χ0n) is 9.81. The third kappa shape index (κ3) is 4.17. The lowest BCUT2D eigenvalue weighted by Crippen LogP contribution is -2.31. The van der Waals surface area contributed by atoms with Crippen LogP contribution in [0.15, 0.2) is 42.5 Å². The minimum absolute atomic E-state index is 0.0380. The fourth-order valence-corrected chi connectivity index (χ4v) is 1.37. The number of anilines is 1. The molecule has 0 saturated heterocycles.